The minimum absolute atomic E-state index is 0.0173. The van der Waals surface area contributed by atoms with E-state index in [1.807, 2.05) is 28.8 Å². The van der Waals surface area contributed by atoms with Crippen molar-refractivity contribution in [3.8, 4) is 0 Å². The summed E-state index contributed by atoms with van der Waals surface area (Å²) < 4.78 is 0. The van der Waals surface area contributed by atoms with Crippen LogP contribution in [0.5, 0.6) is 0 Å². The number of nitrogens with zero attached hydrogens (tertiary/aromatic N) is 1. The van der Waals surface area contributed by atoms with E-state index in [-0.39, 0.29) is 11.8 Å². The van der Waals surface area contributed by atoms with Gasteiger partial charge in [0.15, 0.2) is 0 Å². The SMILES string of the molecule is NCc1ccc(C(=O)Nc2cccc(C(=O)N3CCSCC3)c2)cc1. The summed E-state index contributed by atoms with van der Waals surface area (Å²) in [4.78, 5) is 26.8. The second kappa shape index (κ2) is 8.18. The molecule has 0 bridgehead atoms. The summed E-state index contributed by atoms with van der Waals surface area (Å²) in [5, 5.41) is 2.85. The lowest BCUT2D eigenvalue weighted by molar-refractivity contribution is 0.0772. The molecule has 2 aromatic rings. The van der Waals surface area contributed by atoms with Crippen molar-refractivity contribution in [1.82, 2.24) is 4.90 Å². The molecular weight excluding hydrogens is 334 g/mol. The number of hydrogen-bond acceptors (Lipinski definition) is 4. The minimum atomic E-state index is -0.206. The van der Waals surface area contributed by atoms with Crippen LogP contribution in [0.1, 0.15) is 26.3 Å². The van der Waals surface area contributed by atoms with Crippen LogP contribution in [0.4, 0.5) is 5.69 Å². The van der Waals surface area contributed by atoms with Gasteiger partial charge in [0.2, 0.25) is 0 Å². The largest absolute Gasteiger partial charge is 0.337 e. The third-order valence-electron chi connectivity index (χ3n) is 4.12. The van der Waals surface area contributed by atoms with Gasteiger partial charge in [0.05, 0.1) is 0 Å². The Balaban J connectivity index is 1.70. The molecule has 1 aliphatic rings. The summed E-state index contributed by atoms with van der Waals surface area (Å²) >= 11 is 1.86. The highest BCUT2D eigenvalue weighted by Gasteiger charge is 2.18. The molecular formula is C19H21N3O2S. The second-order valence-corrected chi connectivity index (χ2v) is 7.07. The summed E-state index contributed by atoms with van der Waals surface area (Å²) in [5.41, 5.74) is 8.32. The van der Waals surface area contributed by atoms with Crippen molar-refractivity contribution >= 4 is 29.3 Å². The van der Waals surface area contributed by atoms with E-state index in [9.17, 15) is 9.59 Å². The third kappa shape index (κ3) is 4.41. The van der Waals surface area contributed by atoms with Gasteiger partial charge in [0.1, 0.15) is 0 Å². The first-order valence-electron chi connectivity index (χ1n) is 8.25. The maximum atomic E-state index is 12.6. The minimum Gasteiger partial charge on any atom is -0.337 e. The van der Waals surface area contributed by atoms with E-state index in [0.717, 1.165) is 30.2 Å². The number of benzene rings is 2. The van der Waals surface area contributed by atoms with Crippen LogP contribution >= 0.6 is 11.8 Å². The average Bonchev–Trinajstić information content (AvgIpc) is 2.68. The predicted octanol–water partition coefficient (Wildman–Crippen LogP) is 2.59. The van der Waals surface area contributed by atoms with E-state index in [0.29, 0.717) is 23.4 Å². The fourth-order valence-corrected chi connectivity index (χ4v) is 3.58. The molecule has 1 aliphatic heterocycles. The van der Waals surface area contributed by atoms with Gasteiger partial charge in [-0.25, -0.2) is 0 Å². The van der Waals surface area contributed by atoms with Crippen LogP contribution in [0.3, 0.4) is 0 Å². The normalized spacial score (nSPS) is 14.2. The molecule has 2 aromatic carbocycles. The molecule has 2 amide bonds. The number of hydrogen-bond donors (Lipinski definition) is 2. The highest BCUT2D eigenvalue weighted by atomic mass is 32.2. The highest BCUT2D eigenvalue weighted by molar-refractivity contribution is 7.99. The first kappa shape index (κ1) is 17.5. The van der Waals surface area contributed by atoms with E-state index in [2.05, 4.69) is 5.32 Å². The molecule has 1 saturated heterocycles. The Bertz CT molecular complexity index is 756. The van der Waals surface area contributed by atoms with Crippen LogP contribution in [-0.4, -0.2) is 41.3 Å². The first-order chi connectivity index (χ1) is 12.2. The fourth-order valence-electron chi connectivity index (χ4n) is 2.67. The summed E-state index contributed by atoms with van der Waals surface area (Å²) in [6.07, 6.45) is 0. The third-order valence-corrected chi connectivity index (χ3v) is 5.06. The lowest BCUT2D eigenvalue weighted by Gasteiger charge is -2.26. The van der Waals surface area contributed by atoms with Crippen molar-refractivity contribution in [3.05, 3.63) is 65.2 Å². The Morgan fingerprint density at radius 2 is 1.76 bits per heavy atom. The Labute approximate surface area is 151 Å². The number of thioether (sulfide) groups is 1. The summed E-state index contributed by atoms with van der Waals surface area (Å²) in [6, 6.07) is 14.3. The molecule has 3 rings (SSSR count). The van der Waals surface area contributed by atoms with Gasteiger partial charge in [0.25, 0.3) is 11.8 Å². The maximum Gasteiger partial charge on any atom is 0.255 e. The molecule has 6 heteroatoms. The molecule has 1 heterocycles. The molecule has 3 N–H and O–H groups in total. The van der Waals surface area contributed by atoms with Crippen molar-refractivity contribution in [2.45, 2.75) is 6.54 Å². The molecule has 5 nitrogen and oxygen atoms in total. The highest BCUT2D eigenvalue weighted by Crippen LogP contribution is 2.17. The van der Waals surface area contributed by atoms with E-state index in [1.165, 1.54) is 0 Å². The van der Waals surface area contributed by atoms with Crippen LogP contribution in [-0.2, 0) is 6.54 Å². The Morgan fingerprint density at radius 1 is 1.04 bits per heavy atom. The number of amides is 2. The zero-order valence-electron chi connectivity index (χ0n) is 13.9. The van der Waals surface area contributed by atoms with Crippen LogP contribution in [0.2, 0.25) is 0 Å². The second-order valence-electron chi connectivity index (χ2n) is 5.84. The number of carbonyl (C=O) groups is 2. The molecule has 1 fully saturated rings. The van der Waals surface area contributed by atoms with Crippen LogP contribution in [0.25, 0.3) is 0 Å². The monoisotopic (exact) mass is 355 g/mol. The number of nitrogens with two attached hydrogens (primary N) is 1. The van der Waals surface area contributed by atoms with Gasteiger partial charge in [0, 0.05) is 48.0 Å². The van der Waals surface area contributed by atoms with Crippen LogP contribution < -0.4 is 11.1 Å². The van der Waals surface area contributed by atoms with Crippen molar-refractivity contribution in [1.29, 1.82) is 0 Å². The van der Waals surface area contributed by atoms with Crippen molar-refractivity contribution < 1.29 is 9.59 Å². The van der Waals surface area contributed by atoms with Gasteiger partial charge in [-0.2, -0.15) is 11.8 Å². The number of anilines is 1. The molecule has 25 heavy (non-hydrogen) atoms. The predicted molar refractivity (Wildman–Crippen MR) is 102 cm³/mol. The van der Waals surface area contributed by atoms with Crippen LogP contribution in [0, 0.1) is 0 Å². The molecule has 0 unspecified atom stereocenters. The van der Waals surface area contributed by atoms with E-state index in [4.69, 9.17) is 5.73 Å². The Kier molecular flexibility index (Phi) is 5.73. The number of nitrogens with one attached hydrogen (secondary N) is 1. The zero-order chi connectivity index (χ0) is 17.6. The summed E-state index contributed by atoms with van der Waals surface area (Å²) in [7, 11) is 0. The van der Waals surface area contributed by atoms with Crippen molar-refractivity contribution in [2.75, 3.05) is 29.9 Å². The summed E-state index contributed by atoms with van der Waals surface area (Å²) in [5.74, 6) is 1.76. The van der Waals surface area contributed by atoms with Crippen molar-refractivity contribution in [3.63, 3.8) is 0 Å². The molecule has 0 atom stereocenters. The van der Waals surface area contributed by atoms with Gasteiger partial charge in [-0.3, -0.25) is 9.59 Å². The van der Waals surface area contributed by atoms with E-state index < -0.39 is 0 Å². The Hall–Kier alpha value is -2.31. The molecule has 0 radical (unpaired) electrons. The van der Waals surface area contributed by atoms with E-state index >= 15 is 0 Å². The van der Waals surface area contributed by atoms with Gasteiger partial charge in [-0.1, -0.05) is 18.2 Å². The fraction of sp³-hybridized carbons (Fsp3) is 0.263. The van der Waals surface area contributed by atoms with Gasteiger partial charge < -0.3 is 16.0 Å². The topological polar surface area (TPSA) is 75.4 Å². The van der Waals surface area contributed by atoms with Gasteiger partial charge >= 0.3 is 0 Å². The number of rotatable bonds is 4. The molecule has 0 aliphatic carbocycles. The van der Waals surface area contributed by atoms with Gasteiger partial charge in [-0.05, 0) is 35.9 Å². The first-order valence-corrected chi connectivity index (χ1v) is 9.40. The lowest BCUT2D eigenvalue weighted by atomic mass is 10.1. The molecule has 0 aromatic heterocycles. The molecule has 0 spiro atoms. The van der Waals surface area contributed by atoms with Crippen LogP contribution in [0.15, 0.2) is 48.5 Å². The lowest BCUT2D eigenvalue weighted by Crippen LogP contribution is -2.37. The smallest absolute Gasteiger partial charge is 0.255 e. The maximum absolute atomic E-state index is 12.6. The number of carbonyl (C=O) groups excluding carboxylic acids is 2. The standard InChI is InChI=1S/C19H21N3O2S/c20-13-14-4-6-15(7-5-14)18(23)21-17-3-1-2-16(12-17)19(24)22-8-10-25-11-9-22/h1-7,12H,8-11,13,20H2,(H,21,23). The molecule has 0 saturated carbocycles. The van der Waals surface area contributed by atoms with Crippen molar-refractivity contribution in [2.24, 2.45) is 5.73 Å². The molecule has 130 valence electrons. The van der Waals surface area contributed by atoms with E-state index in [1.54, 1.807) is 36.4 Å². The summed E-state index contributed by atoms with van der Waals surface area (Å²) in [6.45, 7) is 1.99. The van der Waals surface area contributed by atoms with Gasteiger partial charge in [-0.15, -0.1) is 0 Å². The average molecular weight is 355 g/mol. The zero-order valence-corrected chi connectivity index (χ0v) is 14.7. The quantitative estimate of drug-likeness (QED) is 0.884. The Morgan fingerprint density at radius 3 is 2.44 bits per heavy atom.